The molecule has 0 aromatic rings. The molecule has 0 rings (SSSR count). The molecule has 0 spiro atoms. The fourth-order valence-corrected chi connectivity index (χ4v) is 4.09. The maximum atomic E-state index is 10.9. The first-order valence-corrected chi connectivity index (χ1v) is 15.9. The van der Waals surface area contributed by atoms with Gasteiger partial charge in [-0.05, 0) is 12.8 Å². The van der Waals surface area contributed by atoms with E-state index < -0.39 is 32.7 Å². The van der Waals surface area contributed by atoms with Crippen LogP contribution >= 0.6 is 0 Å². The van der Waals surface area contributed by atoms with E-state index >= 15 is 0 Å². The summed E-state index contributed by atoms with van der Waals surface area (Å²) in [5, 5.41) is 0. The van der Waals surface area contributed by atoms with Crippen LogP contribution in [-0.4, -0.2) is 37.9 Å². The smallest absolute Gasteiger partial charge is 0.716 e. The third-order valence-electron chi connectivity index (χ3n) is 5.36. The molecule has 0 aliphatic rings. The molecule has 0 aliphatic carbocycles. The zero-order chi connectivity index (χ0) is 27.7. The summed E-state index contributed by atoms with van der Waals surface area (Å²) in [6.07, 6.45) is 19.7. The second-order valence-corrected chi connectivity index (χ2v) is 10.9. The number of rotatable bonds is 22. The van der Waals surface area contributed by atoms with Crippen LogP contribution in [0.3, 0.4) is 0 Å². The normalized spacial score (nSPS) is 10.8. The SMILES string of the molecule is CCCCCCCCCCCC(=O)OS(=O)(=O)[O-].CCCCCCCCCCCC(=O)OS(=O)(=O)[O-].[K+].[Na+]. The van der Waals surface area contributed by atoms with E-state index in [1.165, 1.54) is 64.2 Å². The number of hydrogen-bond acceptors (Lipinski definition) is 10. The van der Waals surface area contributed by atoms with Crippen LogP contribution in [0.25, 0.3) is 0 Å². The van der Waals surface area contributed by atoms with Crippen LogP contribution < -0.4 is 80.9 Å². The molecule has 0 fully saturated rings. The Morgan fingerprint density at radius 1 is 0.500 bits per heavy atom. The van der Waals surface area contributed by atoms with E-state index in [2.05, 4.69) is 22.2 Å². The van der Waals surface area contributed by atoms with E-state index in [9.17, 15) is 35.5 Å². The van der Waals surface area contributed by atoms with Gasteiger partial charge in [0.1, 0.15) is 0 Å². The zero-order valence-electron chi connectivity index (χ0n) is 24.0. The van der Waals surface area contributed by atoms with Crippen LogP contribution in [0, 0.1) is 0 Å². The molecule has 216 valence electrons. The first-order chi connectivity index (χ1) is 16.9. The molecule has 0 atom stereocenters. The van der Waals surface area contributed by atoms with Gasteiger partial charge in [-0.3, -0.25) is 9.59 Å². The topological polar surface area (TPSA) is 167 Å². The van der Waals surface area contributed by atoms with Crippen LogP contribution in [0.5, 0.6) is 0 Å². The molecule has 0 aromatic heterocycles. The fraction of sp³-hybridized carbons (Fsp3) is 0.917. The Bertz CT molecular complexity index is 698. The molecule has 0 heterocycles. The average Bonchev–Trinajstić information content (AvgIpc) is 2.75. The minimum atomic E-state index is -4.88. The summed E-state index contributed by atoms with van der Waals surface area (Å²) in [6.45, 7) is 4.36. The first-order valence-electron chi connectivity index (χ1n) is 13.3. The van der Waals surface area contributed by atoms with Crippen molar-refractivity contribution in [1.82, 2.24) is 0 Å². The maximum absolute atomic E-state index is 10.9. The number of hydrogen-bond donors (Lipinski definition) is 0. The molecule has 0 aliphatic heterocycles. The molecule has 0 N–H and O–H groups in total. The quantitative estimate of drug-likeness (QED) is 0.0686. The van der Waals surface area contributed by atoms with Gasteiger partial charge in [-0.2, -0.15) is 0 Å². The predicted molar refractivity (Wildman–Crippen MR) is 135 cm³/mol. The largest absolute Gasteiger partial charge is 1.00 e. The monoisotopic (exact) mass is 620 g/mol. The summed E-state index contributed by atoms with van der Waals surface area (Å²) in [4.78, 5) is 21.7. The minimum Gasteiger partial charge on any atom is -0.716 e. The summed E-state index contributed by atoms with van der Waals surface area (Å²) >= 11 is 0. The Balaban J connectivity index is -0.000000289. The van der Waals surface area contributed by atoms with Crippen LogP contribution in [0.4, 0.5) is 0 Å². The van der Waals surface area contributed by atoms with Gasteiger partial charge in [0.15, 0.2) is 0 Å². The van der Waals surface area contributed by atoms with Crippen molar-refractivity contribution in [3.63, 3.8) is 0 Å². The Morgan fingerprint density at radius 2 is 0.711 bits per heavy atom. The van der Waals surface area contributed by atoms with Crippen LogP contribution in [0.15, 0.2) is 0 Å². The van der Waals surface area contributed by atoms with Crippen molar-refractivity contribution in [3.8, 4) is 0 Å². The third kappa shape index (κ3) is 44.4. The van der Waals surface area contributed by atoms with E-state index in [0.717, 1.165) is 38.5 Å². The third-order valence-corrected chi connectivity index (χ3v) is 6.14. The summed E-state index contributed by atoms with van der Waals surface area (Å²) < 4.78 is 68.0. The van der Waals surface area contributed by atoms with Crippen molar-refractivity contribution in [2.45, 2.75) is 142 Å². The van der Waals surface area contributed by atoms with Crippen LogP contribution in [0.2, 0.25) is 0 Å². The van der Waals surface area contributed by atoms with Gasteiger partial charge in [0.25, 0.3) is 20.8 Å². The van der Waals surface area contributed by atoms with Crippen LogP contribution in [-0.2, 0) is 38.8 Å². The minimum absolute atomic E-state index is 0. The van der Waals surface area contributed by atoms with Gasteiger partial charge < -0.3 is 17.5 Å². The summed E-state index contributed by atoms with van der Waals surface area (Å²) in [5.74, 6) is -1.90. The molecule has 0 bridgehead atoms. The van der Waals surface area contributed by atoms with Gasteiger partial charge >= 0.3 is 92.9 Å². The molecule has 0 aromatic carbocycles. The molecule has 10 nitrogen and oxygen atoms in total. The van der Waals surface area contributed by atoms with E-state index in [-0.39, 0.29) is 93.8 Å². The van der Waals surface area contributed by atoms with Gasteiger partial charge in [0, 0.05) is 12.8 Å². The molecular formula is C24H46KNaO10S2. The molecular weight excluding hydrogens is 574 g/mol. The van der Waals surface area contributed by atoms with Crippen molar-refractivity contribution in [2.24, 2.45) is 0 Å². The predicted octanol–water partition coefficient (Wildman–Crippen LogP) is -0.171. The summed E-state index contributed by atoms with van der Waals surface area (Å²) in [6, 6.07) is 0. The molecule has 0 amide bonds. The Morgan fingerprint density at radius 3 is 0.921 bits per heavy atom. The maximum Gasteiger partial charge on any atom is 1.00 e. The summed E-state index contributed by atoms with van der Waals surface area (Å²) in [5.41, 5.74) is 0. The zero-order valence-corrected chi connectivity index (χ0v) is 30.8. The van der Waals surface area contributed by atoms with Crippen molar-refractivity contribution in [1.29, 1.82) is 0 Å². The van der Waals surface area contributed by atoms with Gasteiger partial charge in [-0.15, -0.1) is 0 Å². The Hall–Kier alpha value is 1.40. The standard InChI is InChI=1S/2C12H24O5S.K.Na/c2*1-2-3-4-5-6-7-8-9-10-11-12(13)17-18(14,15)16;;/h2*2-11H2,1H3,(H,14,15,16);;/q;;2*+1/p-2. The van der Waals surface area contributed by atoms with E-state index in [1.807, 2.05) is 0 Å². The molecule has 38 heavy (non-hydrogen) atoms. The van der Waals surface area contributed by atoms with E-state index in [1.54, 1.807) is 0 Å². The van der Waals surface area contributed by atoms with Crippen molar-refractivity contribution in [3.05, 3.63) is 0 Å². The number of carbonyl (C=O) groups is 2. The van der Waals surface area contributed by atoms with Gasteiger partial charge in [-0.1, -0.05) is 117 Å². The van der Waals surface area contributed by atoms with Crippen molar-refractivity contribution < 1.29 is 125 Å². The Labute approximate surface area is 296 Å². The van der Waals surface area contributed by atoms with Gasteiger partial charge in [0.2, 0.25) is 0 Å². The van der Waals surface area contributed by atoms with Crippen LogP contribution in [0.1, 0.15) is 142 Å². The molecule has 0 radical (unpaired) electrons. The van der Waals surface area contributed by atoms with E-state index in [0.29, 0.717) is 12.8 Å². The molecule has 0 saturated carbocycles. The average molecular weight is 621 g/mol. The first kappa shape index (κ1) is 46.4. The van der Waals surface area contributed by atoms with E-state index in [4.69, 9.17) is 0 Å². The molecule has 14 heteroatoms. The number of unbranched alkanes of at least 4 members (excludes halogenated alkanes) is 16. The Kier molecular flexibility index (Phi) is 38.2. The molecule has 0 unspecified atom stereocenters. The van der Waals surface area contributed by atoms with Gasteiger partial charge in [-0.25, -0.2) is 16.8 Å². The summed E-state index contributed by atoms with van der Waals surface area (Å²) in [7, 11) is -9.77. The second kappa shape index (κ2) is 31.3. The second-order valence-electron chi connectivity index (χ2n) is 8.88. The fourth-order valence-electron chi connectivity index (χ4n) is 3.47. The van der Waals surface area contributed by atoms with Gasteiger partial charge in [0.05, 0.1) is 0 Å². The molecule has 0 saturated heterocycles. The van der Waals surface area contributed by atoms with Crippen molar-refractivity contribution in [2.75, 3.05) is 0 Å². The van der Waals surface area contributed by atoms with Crippen molar-refractivity contribution >= 4 is 32.7 Å². The number of carbonyl (C=O) groups excluding carboxylic acids is 2.